The number of hydrogen-bond donors (Lipinski definition) is 0. The van der Waals surface area contributed by atoms with Gasteiger partial charge in [-0.2, -0.15) is 0 Å². The molecule has 0 heterocycles. The summed E-state index contributed by atoms with van der Waals surface area (Å²) in [5, 5.41) is 0. The minimum Gasteiger partial charge on any atom is -0.0991 e. The summed E-state index contributed by atoms with van der Waals surface area (Å²) >= 11 is 0. The Morgan fingerprint density at radius 2 is 1.20 bits per heavy atom. The zero-order valence-corrected chi connectivity index (χ0v) is 4.63. The molecule has 0 nitrogen and oxygen atoms in total. The van der Waals surface area contributed by atoms with Crippen molar-refractivity contribution in [2.75, 3.05) is 0 Å². The molecule has 0 bridgehead atoms. The van der Waals surface area contributed by atoms with Gasteiger partial charge in [0.05, 0.1) is 0 Å². The average molecular weight is 102 g/mol. The minimum absolute atomic E-state index is 0. The van der Waals surface area contributed by atoms with Crippen LogP contribution in [0.4, 0.5) is 0 Å². The Morgan fingerprint density at radius 3 is 1.20 bits per heavy atom. The van der Waals surface area contributed by atoms with E-state index in [9.17, 15) is 0 Å². The first-order valence-corrected chi connectivity index (χ1v) is 1.15. The Kier molecular flexibility index (Phi) is 15.9. The van der Waals surface area contributed by atoms with Crippen molar-refractivity contribution in [3.8, 4) is 0 Å². The van der Waals surface area contributed by atoms with Crippen molar-refractivity contribution in [2.24, 2.45) is 0 Å². The second kappa shape index (κ2) is 8.89. The second-order valence-corrected chi connectivity index (χ2v) is 0.471. The Hall–Kier alpha value is 0.194. The van der Waals surface area contributed by atoms with E-state index in [-0.39, 0.29) is 21.7 Å². The summed E-state index contributed by atoms with van der Waals surface area (Å²) < 4.78 is 0. The summed E-state index contributed by atoms with van der Waals surface area (Å²) in [6.07, 6.45) is 3.28. The number of allylic oxidation sites excluding steroid dienone is 2. The van der Waals surface area contributed by atoms with E-state index >= 15 is 0 Å². The van der Waals surface area contributed by atoms with Crippen LogP contribution in [0.25, 0.3) is 0 Å². The van der Waals surface area contributed by atoms with Crippen LogP contribution in [0.2, 0.25) is 0 Å². The van der Waals surface area contributed by atoms with Crippen molar-refractivity contribution in [1.29, 1.82) is 0 Å². The maximum absolute atomic E-state index is 3.36. The fraction of sp³-hybridized carbons (Fsp3) is 0. The van der Waals surface area contributed by atoms with E-state index in [4.69, 9.17) is 0 Å². The van der Waals surface area contributed by atoms with Gasteiger partial charge in [0, 0.05) is 0 Å². The molecule has 0 aromatic rings. The Labute approximate surface area is 47.5 Å². The molecule has 22 valence electrons. The second-order valence-electron chi connectivity index (χ2n) is 0.471. The predicted molar refractivity (Wildman–Crippen MR) is 20.4 cm³/mol. The molecule has 0 aliphatic carbocycles. The molecule has 0 radical (unpaired) electrons. The van der Waals surface area contributed by atoms with Crippen molar-refractivity contribution >= 4 is 0 Å². The summed E-state index contributed by atoms with van der Waals surface area (Å²) in [7, 11) is 0. The molecule has 0 spiro atoms. The van der Waals surface area contributed by atoms with Crippen LogP contribution in [0.1, 0.15) is 0 Å². The molecule has 0 atom stereocenters. The van der Waals surface area contributed by atoms with Crippen molar-refractivity contribution in [1.82, 2.24) is 0 Å². The summed E-state index contributed by atoms with van der Waals surface area (Å²) in [4.78, 5) is 0. The molecular formula is C4H6Ti+4. The van der Waals surface area contributed by atoms with E-state index in [0.29, 0.717) is 0 Å². The zero-order valence-electron chi connectivity index (χ0n) is 3.07. The predicted octanol–water partition coefficient (Wildman–Crippen LogP) is 1.36. The van der Waals surface area contributed by atoms with Gasteiger partial charge in [0.1, 0.15) is 0 Å². The number of hydrogen-bond acceptors (Lipinski definition) is 0. The minimum atomic E-state index is 0. The van der Waals surface area contributed by atoms with E-state index in [1.807, 2.05) is 0 Å². The molecule has 0 aliphatic heterocycles. The molecule has 0 N–H and O–H groups in total. The van der Waals surface area contributed by atoms with Gasteiger partial charge in [-0.05, 0) is 0 Å². The Balaban J connectivity index is 0. The van der Waals surface area contributed by atoms with Crippen LogP contribution >= 0.6 is 0 Å². The van der Waals surface area contributed by atoms with Gasteiger partial charge in [-0.25, -0.2) is 0 Å². The van der Waals surface area contributed by atoms with Crippen LogP contribution in [-0.2, 0) is 21.7 Å². The Morgan fingerprint density at radius 1 is 1.00 bits per heavy atom. The molecule has 0 unspecified atom stereocenters. The van der Waals surface area contributed by atoms with Gasteiger partial charge in [-0.15, -0.1) is 0 Å². The van der Waals surface area contributed by atoms with Gasteiger partial charge in [0.2, 0.25) is 0 Å². The summed E-state index contributed by atoms with van der Waals surface area (Å²) in [6, 6.07) is 0. The average Bonchev–Trinajstić information content (AvgIpc) is 1.37. The SMILES string of the molecule is C=CC=C.[Ti+4]. The maximum atomic E-state index is 3.36. The van der Waals surface area contributed by atoms with E-state index < -0.39 is 0 Å². The molecule has 0 amide bonds. The van der Waals surface area contributed by atoms with E-state index in [0.717, 1.165) is 0 Å². The van der Waals surface area contributed by atoms with Crippen molar-refractivity contribution < 1.29 is 21.7 Å². The molecule has 0 saturated carbocycles. The quantitative estimate of drug-likeness (QED) is 0.346. The van der Waals surface area contributed by atoms with Crippen LogP contribution in [0, 0.1) is 0 Å². The molecule has 0 saturated heterocycles. The molecule has 0 aliphatic rings. The van der Waals surface area contributed by atoms with Gasteiger partial charge in [0.15, 0.2) is 0 Å². The smallest absolute Gasteiger partial charge is 0.0991 e. The normalized spacial score (nSPS) is 4.00. The maximum Gasteiger partial charge on any atom is 4.00 e. The van der Waals surface area contributed by atoms with Gasteiger partial charge >= 0.3 is 21.7 Å². The van der Waals surface area contributed by atoms with Crippen molar-refractivity contribution in [3.63, 3.8) is 0 Å². The third-order valence-corrected chi connectivity index (χ3v) is 0.167. The zero-order chi connectivity index (χ0) is 3.41. The van der Waals surface area contributed by atoms with Gasteiger partial charge in [0.25, 0.3) is 0 Å². The molecule has 0 fully saturated rings. The molecule has 0 aromatic carbocycles. The summed E-state index contributed by atoms with van der Waals surface area (Å²) in [5.74, 6) is 0. The molecule has 5 heavy (non-hydrogen) atoms. The van der Waals surface area contributed by atoms with Crippen molar-refractivity contribution in [2.45, 2.75) is 0 Å². The largest absolute Gasteiger partial charge is 4.00 e. The van der Waals surface area contributed by atoms with Crippen LogP contribution in [0.5, 0.6) is 0 Å². The van der Waals surface area contributed by atoms with Crippen LogP contribution in [0.3, 0.4) is 0 Å². The van der Waals surface area contributed by atoms with E-state index in [1.165, 1.54) is 0 Å². The summed E-state index contributed by atoms with van der Waals surface area (Å²) in [5.41, 5.74) is 0. The van der Waals surface area contributed by atoms with Crippen LogP contribution < -0.4 is 0 Å². The van der Waals surface area contributed by atoms with Gasteiger partial charge in [-0.1, -0.05) is 25.3 Å². The molecule has 1 heteroatoms. The molecular weight excluding hydrogens is 95.9 g/mol. The Bertz CT molecular complexity index is 24.6. The van der Waals surface area contributed by atoms with Gasteiger partial charge < -0.3 is 0 Å². The molecule has 0 aromatic heterocycles. The standard InChI is InChI=1S/C4H6.Ti/c1-3-4-2;/h3-4H,1-2H2;/q;+4. The van der Waals surface area contributed by atoms with Gasteiger partial charge in [-0.3, -0.25) is 0 Å². The molecule has 0 rings (SSSR count). The van der Waals surface area contributed by atoms with Crippen molar-refractivity contribution in [3.05, 3.63) is 25.3 Å². The number of rotatable bonds is 1. The fourth-order valence-electron chi connectivity index (χ4n) is 0. The first-order chi connectivity index (χ1) is 1.91. The van der Waals surface area contributed by atoms with E-state index in [2.05, 4.69) is 13.2 Å². The first kappa shape index (κ1) is 8.96. The van der Waals surface area contributed by atoms with Crippen LogP contribution in [0.15, 0.2) is 25.3 Å². The summed E-state index contributed by atoms with van der Waals surface area (Å²) in [6.45, 7) is 6.72. The first-order valence-electron chi connectivity index (χ1n) is 1.15. The van der Waals surface area contributed by atoms with E-state index in [1.54, 1.807) is 12.2 Å². The third kappa shape index (κ3) is 14.2. The monoisotopic (exact) mass is 102 g/mol. The topological polar surface area (TPSA) is 0 Å². The fourth-order valence-corrected chi connectivity index (χ4v) is 0. The van der Waals surface area contributed by atoms with Crippen LogP contribution in [-0.4, -0.2) is 0 Å². The third-order valence-electron chi connectivity index (χ3n) is 0.167.